The third kappa shape index (κ3) is 1.33. The SMILES string of the molecule is NCc1nnc(-c2ccccc2)n1O. The molecule has 0 radical (unpaired) electrons. The fourth-order valence-corrected chi connectivity index (χ4v) is 1.21. The van der Waals surface area contributed by atoms with E-state index in [9.17, 15) is 5.21 Å². The Morgan fingerprint density at radius 3 is 2.50 bits per heavy atom. The van der Waals surface area contributed by atoms with Gasteiger partial charge in [0.1, 0.15) is 0 Å². The molecule has 72 valence electrons. The van der Waals surface area contributed by atoms with Gasteiger partial charge in [0.2, 0.25) is 0 Å². The standard InChI is InChI=1S/C9H10N4O/c10-6-8-11-12-9(13(8)14)7-4-2-1-3-5-7/h1-5,14H,6,10H2. The van der Waals surface area contributed by atoms with E-state index < -0.39 is 0 Å². The van der Waals surface area contributed by atoms with Crippen LogP contribution in [0, 0.1) is 0 Å². The zero-order chi connectivity index (χ0) is 9.97. The molecule has 0 spiro atoms. The van der Waals surface area contributed by atoms with Crippen molar-refractivity contribution in [2.45, 2.75) is 6.54 Å². The number of nitrogens with two attached hydrogens (primary N) is 1. The fraction of sp³-hybridized carbons (Fsp3) is 0.111. The fourth-order valence-electron chi connectivity index (χ4n) is 1.21. The normalized spacial score (nSPS) is 10.4. The second-order valence-electron chi connectivity index (χ2n) is 2.82. The Balaban J connectivity index is 2.48. The van der Waals surface area contributed by atoms with E-state index in [0.717, 1.165) is 10.3 Å². The van der Waals surface area contributed by atoms with Crippen molar-refractivity contribution < 1.29 is 5.21 Å². The van der Waals surface area contributed by atoms with Crippen molar-refractivity contribution in [3.8, 4) is 11.4 Å². The predicted molar refractivity (Wildman–Crippen MR) is 50.5 cm³/mol. The summed E-state index contributed by atoms with van der Waals surface area (Å²) < 4.78 is 0.912. The highest BCUT2D eigenvalue weighted by Gasteiger charge is 2.10. The molecule has 14 heavy (non-hydrogen) atoms. The average Bonchev–Trinajstić information content (AvgIpc) is 2.61. The number of hydrogen-bond donors (Lipinski definition) is 2. The van der Waals surface area contributed by atoms with Crippen LogP contribution in [0.25, 0.3) is 11.4 Å². The molecular weight excluding hydrogens is 180 g/mol. The van der Waals surface area contributed by atoms with Gasteiger partial charge in [0.05, 0.1) is 6.54 Å². The van der Waals surface area contributed by atoms with Crippen LogP contribution in [0.3, 0.4) is 0 Å². The topological polar surface area (TPSA) is 77.0 Å². The Bertz CT molecular complexity index is 424. The van der Waals surface area contributed by atoms with Gasteiger partial charge in [-0.2, -0.15) is 0 Å². The lowest BCUT2D eigenvalue weighted by Crippen LogP contribution is -2.06. The molecule has 0 aliphatic carbocycles. The monoisotopic (exact) mass is 190 g/mol. The van der Waals surface area contributed by atoms with Gasteiger partial charge in [0, 0.05) is 5.56 Å². The van der Waals surface area contributed by atoms with Gasteiger partial charge < -0.3 is 10.9 Å². The van der Waals surface area contributed by atoms with E-state index in [2.05, 4.69) is 10.2 Å². The molecule has 0 unspecified atom stereocenters. The van der Waals surface area contributed by atoms with Gasteiger partial charge in [-0.25, -0.2) is 0 Å². The van der Waals surface area contributed by atoms with Crippen LogP contribution in [0.15, 0.2) is 30.3 Å². The van der Waals surface area contributed by atoms with Gasteiger partial charge in [0.15, 0.2) is 11.6 Å². The maximum Gasteiger partial charge on any atom is 0.199 e. The summed E-state index contributed by atoms with van der Waals surface area (Å²) >= 11 is 0. The number of rotatable bonds is 2. The third-order valence-corrected chi connectivity index (χ3v) is 1.92. The first-order valence-corrected chi connectivity index (χ1v) is 4.22. The molecule has 1 aromatic heterocycles. The summed E-state index contributed by atoms with van der Waals surface area (Å²) in [4.78, 5) is 0. The average molecular weight is 190 g/mol. The molecule has 5 heteroatoms. The predicted octanol–water partition coefficient (Wildman–Crippen LogP) is 0.641. The smallest absolute Gasteiger partial charge is 0.199 e. The summed E-state index contributed by atoms with van der Waals surface area (Å²) in [6.07, 6.45) is 0. The molecule has 0 atom stereocenters. The first-order valence-electron chi connectivity index (χ1n) is 4.22. The molecule has 5 nitrogen and oxygen atoms in total. The van der Waals surface area contributed by atoms with Crippen molar-refractivity contribution in [3.63, 3.8) is 0 Å². The van der Waals surface area contributed by atoms with Gasteiger partial charge in [0.25, 0.3) is 0 Å². The lowest BCUT2D eigenvalue weighted by molar-refractivity contribution is 0.180. The molecule has 0 aliphatic heterocycles. The number of benzene rings is 1. The van der Waals surface area contributed by atoms with E-state index in [1.807, 2.05) is 30.3 Å². The van der Waals surface area contributed by atoms with E-state index >= 15 is 0 Å². The highest BCUT2D eigenvalue weighted by molar-refractivity contribution is 5.54. The minimum Gasteiger partial charge on any atom is -0.425 e. The highest BCUT2D eigenvalue weighted by Crippen LogP contribution is 2.15. The number of hydrogen-bond acceptors (Lipinski definition) is 4. The molecular formula is C9H10N4O. The second-order valence-corrected chi connectivity index (χ2v) is 2.82. The van der Waals surface area contributed by atoms with Gasteiger partial charge >= 0.3 is 0 Å². The van der Waals surface area contributed by atoms with Gasteiger partial charge in [-0.1, -0.05) is 30.3 Å². The molecule has 0 bridgehead atoms. The van der Waals surface area contributed by atoms with Gasteiger partial charge in [-0.05, 0) is 0 Å². The molecule has 0 amide bonds. The van der Waals surface area contributed by atoms with E-state index in [1.54, 1.807) is 0 Å². The second kappa shape index (κ2) is 3.47. The quantitative estimate of drug-likeness (QED) is 0.681. The lowest BCUT2D eigenvalue weighted by atomic mass is 10.2. The number of nitrogens with zero attached hydrogens (tertiary/aromatic N) is 3. The maximum absolute atomic E-state index is 9.59. The minimum absolute atomic E-state index is 0.163. The minimum atomic E-state index is 0.163. The summed E-state index contributed by atoms with van der Waals surface area (Å²) in [6.45, 7) is 0.163. The first kappa shape index (κ1) is 8.71. The van der Waals surface area contributed by atoms with Crippen molar-refractivity contribution in [1.82, 2.24) is 14.9 Å². The van der Waals surface area contributed by atoms with Crippen LogP contribution in [-0.4, -0.2) is 20.1 Å². The summed E-state index contributed by atoms with van der Waals surface area (Å²) in [5.41, 5.74) is 6.17. The lowest BCUT2D eigenvalue weighted by Gasteiger charge is -1.99. The van der Waals surface area contributed by atoms with E-state index in [1.165, 1.54) is 0 Å². The summed E-state index contributed by atoms with van der Waals surface area (Å²) in [6, 6.07) is 9.32. The Labute approximate surface area is 80.8 Å². The van der Waals surface area contributed by atoms with Crippen molar-refractivity contribution >= 4 is 0 Å². The zero-order valence-electron chi connectivity index (χ0n) is 7.46. The molecule has 3 N–H and O–H groups in total. The van der Waals surface area contributed by atoms with Crippen LogP contribution in [-0.2, 0) is 6.54 Å². The number of aromatic nitrogens is 3. The van der Waals surface area contributed by atoms with Crippen LogP contribution in [0.2, 0.25) is 0 Å². The summed E-state index contributed by atoms with van der Waals surface area (Å²) in [7, 11) is 0. The molecule has 0 fully saturated rings. The van der Waals surface area contributed by atoms with Crippen molar-refractivity contribution in [2.75, 3.05) is 0 Å². The molecule has 1 aromatic carbocycles. The van der Waals surface area contributed by atoms with Crippen molar-refractivity contribution in [1.29, 1.82) is 0 Å². The molecule has 0 saturated heterocycles. The van der Waals surface area contributed by atoms with E-state index in [0.29, 0.717) is 11.6 Å². The Hall–Kier alpha value is -1.88. The maximum atomic E-state index is 9.59. The summed E-state index contributed by atoms with van der Waals surface area (Å²) in [5.74, 6) is 0.759. The van der Waals surface area contributed by atoms with E-state index in [4.69, 9.17) is 5.73 Å². The van der Waals surface area contributed by atoms with Crippen LogP contribution in [0.1, 0.15) is 5.82 Å². The summed E-state index contributed by atoms with van der Waals surface area (Å²) in [5, 5.41) is 17.2. The van der Waals surface area contributed by atoms with Crippen LogP contribution in [0.4, 0.5) is 0 Å². The first-order chi connectivity index (χ1) is 6.83. The third-order valence-electron chi connectivity index (χ3n) is 1.92. The molecule has 1 heterocycles. The van der Waals surface area contributed by atoms with Crippen LogP contribution in [0.5, 0.6) is 0 Å². The van der Waals surface area contributed by atoms with Crippen LogP contribution >= 0.6 is 0 Å². The molecule has 0 aliphatic rings. The molecule has 0 saturated carbocycles. The highest BCUT2D eigenvalue weighted by atomic mass is 16.5. The zero-order valence-corrected chi connectivity index (χ0v) is 7.46. The Morgan fingerprint density at radius 1 is 1.21 bits per heavy atom. The largest absolute Gasteiger partial charge is 0.425 e. The Morgan fingerprint density at radius 2 is 1.93 bits per heavy atom. The molecule has 2 rings (SSSR count). The Kier molecular flexibility index (Phi) is 2.16. The molecule has 2 aromatic rings. The van der Waals surface area contributed by atoms with Gasteiger partial charge in [-0.15, -0.1) is 14.9 Å². The van der Waals surface area contributed by atoms with Crippen molar-refractivity contribution in [2.24, 2.45) is 5.73 Å². The van der Waals surface area contributed by atoms with Gasteiger partial charge in [-0.3, -0.25) is 0 Å². The van der Waals surface area contributed by atoms with Crippen LogP contribution < -0.4 is 5.73 Å². The van der Waals surface area contributed by atoms with Crippen molar-refractivity contribution in [3.05, 3.63) is 36.2 Å². The van der Waals surface area contributed by atoms with E-state index in [-0.39, 0.29) is 6.54 Å².